The predicted octanol–water partition coefficient (Wildman–Crippen LogP) is 12.6. The molecule has 42 heavy (non-hydrogen) atoms. The predicted molar refractivity (Wildman–Crippen MR) is 181 cm³/mol. The second kappa shape index (κ2) is 32.8. The third kappa shape index (κ3) is 29.0. The smallest absolute Gasteiger partial charge is 0.306 e. The van der Waals surface area contributed by atoms with Crippen LogP contribution in [-0.4, -0.2) is 24.1 Å². The molecular weight excluding hydrogens is 520 g/mol. The Hall–Kier alpha value is -1.06. The molecular formula is C38H74O4. The van der Waals surface area contributed by atoms with Crippen molar-refractivity contribution in [2.24, 2.45) is 0 Å². The summed E-state index contributed by atoms with van der Waals surface area (Å²) in [6, 6.07) is 0. The molecule has 0 saturated heterocycles. The van der Waals surface area contributed by atoms with Crippen LogP contribution in [0.2, 0.25) is 0 Å². The number of carbonyl (C=O) groups is 2. The van der Waals surface area contributed by atoms with E-state index in [1.807, 2.05) is 0 Å². The first kappa shape index (κ1) is 40.9. The summed E-state index contributed by atoms with van der Waals surface area (Å²) in [4.78, 5) is 25.3. The molecule has 0 aromatic carbocycles. The molecule has 0 radical (unpaired) electrons. The van der Waals surface area contributed by atoms with Crippen molar-refractivity contribution in [1.29, 1.82) is 0 Å². The van der Waals surface area contributed by atoms with Crippen LogP contribution in [0.5, 0.6) is 0 Å². The van der Waals surface area contributed by atoms with Crippen LogP contribution in [0.15, 0.2) is 0 Å². The summed E-state index contributed by atoms with van der Waals surface area (Å²) in [7, 11) is 0. The molecule has 0 spiro atoms. The monoisotopic (exact) mass is 595 g/mol. The molecule has 0 aliphatic heterocycles. The first-order valence-electron chi connectivity index (χ1n) is 19.0. The van der Waals surface area contributed by atoms with Crippen molar-refractivity contribution in [2.45, 2.75) is 233 Å². The number of esters is 2. The summed E-state index contributed by atoms with van der Waals surface area (Å²) < 4.78 is 11.9. The van der Waals surface area contributed by atoms with Crippen molar-refractivity contribution in [3.63, 3.8) is 0 Å². The van der Waals surface area contributed by atoms with Gasteiger partial charge in [0.25, 0.3) is 0 Å². The molecule has 4 nitrogen and oxygen atoms in total. The lowest BCUT2D eigenvalue weighted by molar-refractivity contribution is -0.152. The summed E-state index contributed by atoms with van der Waals surface area (Å²) in [6.45, 7) is 8.99. The number of unbranched alkanes of at least 4 members (excludes halogenated alkanes) is 19. The van der Waals surface area contributed by atoms with Gasteiger partial charge in [-0.15, -0.1) is 0 Å². The van der Waals surface area contributed by atoms with E-state index in [2.05, 4.69) is 27.7 Å². The number of ether oxygens (including phenoxy) is 2. The molecule has 0 aliphatic rings. The van der Waals surface area contributed by atoms with Gasteiger partial charge in [0.15, 0.2) is 0 Å². The van der Waals surface area contributed by atoms with Crippen LogP contribution in [0.1, 0.15) is 220 Å². The second-order valence-corrected chi connectivity index (χ2v) is 12.9. The number of carbonyl (C=O) groups excluding carboxylic acids is 2. The molecule has 0 heterocycles. The van der Waals surface area contributed by atoms with Crippen molar-refractivity contribution in [3.8, 4) is 0 Å². The SMILES string of the molecule is CCCCCCCCC(CCCCCCC)OC(=O)CCCCC(=O)OC(CCCCCCC)CCCCCCCC. The first-order valence-corrected chi connectivity index (χ1v) is 19.0. The standard InChI is InChI=1S/C38H74O4/c1-5-9-13-17-21-25-31-35(29-23-19-15-11-7-3)41-37(39)33-27-28-34-38(40)42-36(30-24-20-16-12-8-4)32-26-22-18-14-10-6-2/h35-36H,5-34H2,1-4H3. The summed E-state index contributed by atoms with van der Waals surface area (Å²) in [5.74, 6) is -0.165. The van der Waals surface area contributed by atoms with E-state index in [1.54, 1.807) is 0 Å². The largest absolute Gasteiger partial charge is 0.462 e. The van der Waals surface area contributed by atoms with Crippen LogP contribution in [0.25, 0.3) is 0 Å². The van der Waals surface area contributed by atoms with Gasteiger partial charge in [-0.05, 0) is 64.2 Å². The average molecular weight is 595 g/mol. The lowest BCUT2D eigenvalue weighted by Crippen LogP contribution is -2.19. The third-order valence-corrected chi connectivity index (χ3v) is 8.63. The quantitative estimate of drug-likeness (QED) is 0.0560. The molecule has 0 saturated carbocycles. The Morgan fingerprint density at radius 1 is 0.357 bits per heavy atom. The van der Waals surface area contributed by atoms with Crippen LogP contribution >= 0.6 is 0 Å². The van der Waals surface area contributed by atoms with E-state index >= 15 is 0 Å². The fourth-order valence-electron chi connectivity index (χ4n) is 5.81. The molecule has 4 heteroatoms. The van der Waals surface area contributed by atoms with Crippen molar-refractivity contribution >= 4 is 11.9 Å². The molecule has 0 aromatic heterocycles. The molecule has 0 aromatic rings. The molecule has 0 aliphatic carbocycles. The minimum absolute atomic E-state index is 0.0651. The van der Waals surface area contributed by atoms with E-state index < -0.39 is 0 Å². The van der Waals surface area contributed by atoms with E-state index in [0.717, 1.165) is 51.4 Å². The Bertz CT molecular complexity index is 525. The minimum atomic E-state index is -0.0825. The Balaban J connectivity index is 4.40. The Kier molecular flexibility index (Phi) is 32.0. The molecule has 250 valence electrons. The molecule has 0 rings (SSSR count). The maximum Gasteiger partial charge on any atom is 0.306 e. The Labute approximate surface area is 263 Å². The van der Waals surface area contributed by atoms with Gasteiger partial charge >= 0.3 is 11.9 Å². The number of rotatable bonds is 33. The molecule has 2 unspecified atom stereocenters. The van der Waals surface area contributed by atoms with E-state index in [4.69, 9.17) is 9.47 Å². The van der Waals surface area contributed by atoms with E-state index in [1.165, 1.54) is 116 Å². The van der Waals surface area contributed by atoms with Crippen molar-refractivity contribution in [3.05, 3.63) is 0 Å². The van der Waals surface area contributed by atoms with E-state index in [-0.39, 0.29) is 24.1 Å². The van der Waals surface area contributed by atoms with Gasteiger partial charge in [-0.3, -0.25) is 9.59 Å². The van der Waals surface area contributed by atoms with Gasteiger partial charge in [0.2, 0.25) is 0 Å². The molecule has 0 fully saturated rings. The van der Waals surface area contributed by atoms with Crippen molar-refractivity contribution in [1.82, 2.24) is 0 Å². The Morgan fingerprint density at radius 2 is 0.595 bits per heavy atom. The normalized spacial score (nSPS) is 12.8. The minimum Gasteiger partial charge on any atom is -0.462 e. The summed E-state index contributed by atoms with van der Waals surface area (Å²) in [5.41, 5.74) is 0. The summed E-state index contributed by atoms with van der Waals surface area (Å²) >= 11 is 0. The molecule has 0 amide bonds. The zero-order chi connectivity index (χ0) is 30.9. The van der Waals surface area contributed by atoms with E-state index in [9.17, 15) is 9.59 Å². The van der Waals surface area contributed by atoms with Gasteiger partial charge in [-0.2, -0.15) is 0 Å². The van der Waals surface area contributed by atoms with Crippen LogP contribution in [0.4, 0.5) is 0 Å². The second-order valence-electron chi connectivity index (χ2n) is 12.9. The lowest BCUT2D eigenvalue weighted by Gasteiger charge is -2.19. The van der Waals surface area contributed by atoms with Gasteiger partial charge in [0, 0.05) is 12.8 Å². The maximum absolute atomic E-state index is 12.7. The fourth-order valence-corrected chi connectivity index (χ4v) is 5.81. The fraction of sp³-hybridized carbons (Fsp3) is 0.947. The number of hydrogen-bond acceptors (Lipinski definition) is 4. The lowest BCUT2D eigenvalue weighted by atomic mass is 10.0. The Morgan fingerprint density at radius 3 is 0.857 bits per heavy atom. The van der Waals surface area contributed by atoms with Crippen LogP contribution in [0, 0.1) is 0 Å². The first-order chi connectivity index (χ1) is 20.6. The van der Waals surface area contributed by atoms with Crippen LogP contribution in [-0.2, 0) is 19.1 Å². The molecule has 2 atom stereocenters. The van der Waals surface area contributed by atoms with Crippen LogP contribution in [0.3, 0.4) is 0 Å². The highest BCUT2D eigenvalue weighted by Crippen LogP contribution is 2.20. The van der Waals surface area contributed by atoms with Crippen molar-refractivity contribution < 1.29 is 19.1 Å². The summed E-state index contributed by atoms with van der Waals surface area (Å²) in [6.07, 6.45) is 34.0. The van der Waals surface area contributed by atoms with Crippen LogP contribution < -0.4 is 0 Å². The number of hydrogen-bond donors (Lipinski definition) is 0. The molecule has 0 N–H and O–H groups in total. The zero-order valence-electron chi connectivity index (χ0n) is 29.0. The van der Waals surface area contributed by atoms with Gasteiger partial charge in [0.1, 0.15) is 12.2 Å². The highest BCUT2D eigenvalue weighted by molar-refractivity contribution is 5.70. The van der Waals surface area contributed by atoms with Crippen molar-refractivity contribution in [2.75, 3.05) is 0 Å². The van der Waals surface area contributed by atoms with Gasteiger partial charge in [-0.1, -0.05) is 143 Å². The highest BCUT2D eigenvalue weighted by atomic mass is 16.5. The maximum atomic E-state index is 12.7. The average Bonchev–Trinajstić information content (AvgIpc) is 2.98. The zero-order valence-corrected chi connectivity index (χ0v) is 29.0. The van der Waals surface area contributed by atoms with Gasteiger partial charge < -0.3 is 9.47 Å². The third-order valence-electron chi connectivity index (χ3n) is 8.63. The van der Waals surface area contributed by atoms with Gasteiger partial charge in [-0.25, -0.2) is 0 Å². The highest BCUT2D eigenvalue weighted by Gasteiger charge is 2.16. The molecule has 0 bridgehead atoms. The van der Waals surface area contributed by atoms with Gasteiger partial charge in [0.05, 0.1) is 0 Å². The topological polar surface area (TPSA) is 52.6 Å². The summed E-state index contributed by atoms with van der Waals surface area (Å²) in [5, 5.41) is 0. The van der Waals surface area contributed by atoms with E-state index in [0.29, 0.717) is 25.7 Å².